The van der Waals surface area contributed by atoms with Crippen LogP contribution in [0.15, 0.2) is 24.3 Å². The van der Waals surface area contributed by atoms with E-state index in [0.29, 0.717) is 0 Å². The minimum absolute atomic E-state index is 0.144. The van der Waals surface area contributed by atoms with Gasteiger partial charge in [0.15, 0.2) is 12.4 Å². The van der Waals surface area contributed by atoms with Crippen LogP contribution in [-0.4, -0.2) is 122 Å². The number of phenols is 1. The summed E-state index contributed by atoms with van der Waals surface area (Å²) in [7, 11) is 1.09. The van der Waals surface area contributed by atoms with Gasteiger partial charge in [0.05, 0.1) is 26.7 Å². The summed E-state index contributed by atoms with van der Waals surface area (Å²) in [6.45, 7) is -1.29. The number of methoxy groups -OCH3 is 1. The summed E-state index contributed by atoms with van der Waals surface area (Å²) in [5.41, 5.74) is -2.71. The molecule has 3 aliphatic heterocycles. The van der Waals surface area contributed by atoms with E-state index >= 15 is 0 Å². The standard InChI is InChI=1S/C22H28O14/c1-32-14(26)6-11(9-2-4-10(24)5-3-9)21(31)20(30)35-18-12(25)8-33-22(18,21)36-19-17(29)16(28)15(27)13(7-23)34-19/h2-5,11-13,15-19,23-25,27-29,31H,6-8H2,1H3. The molecule has 0 aliphatic carbocycles. The van der Waals surface area contributed by atoms with Crippen molar-refractivity contribution in [2.75, 3.05) is 20.3 Å². The Hall–Kier alpha value is -2.40. The van der Waals surface area contributed by atoms with Crippen molar-refractivity contribution in [3.05, 3.63) is 29.8 Å². The molecule has 0 bridgehead atoms. The Balaban J connectivity index is 1.81. The first-order valence-corrected chi connectivity index (χ1v) is 11.1. The van der Waals surface area contributed by atoms with Crippen LogP contribution in [0.25, 0.3) is 0 Å². The molecule has 1 aromatic carbocycles. The second-order valence-corrected chi connectivity index (χ2v) is 8.88. The van der Waals surface area contributed by atoms with E-state index < -0.39 is 91.8 Å². The molecule has 200 valence electrons. The van der Waals surface area contributed by atoms with Crippen LogP contribution in [0.3, 0.4) is 0 Å². The number of carbonyl (C=O) groups is 2. The lowest BCUT2D eigenvalue weighted by Gasteiger charge is -2.46. The second-order valence-electron chi connectivity index (χ2n) is 8.88. The number of aliphatic hydroxyl groups excluding tert-OH is 5. The molecule has 1 aromatic rings. The summed E-state index contributed by atoms with van der Waals surface area (Å²) < 4.78 is 26.7. The Morgan fingerprint density at radius 2 is 1.81 bits per heavy atom. The molecule has 3 aliphatic rings. The van der Waals surface area contributed by atoms with Gasteiger partial charge in [0.2, 0.25) is 5.60 Å². The van der Waals surface area contributed by atoms with Gasteiger partial charge in [-0.1, -0.05) is 12.1 Å². The van der Waals surface area contributed by atoms with Crippen molar-refractivity contribution in [2.45, 2.75) is 66.6 Å². The molecule has 3 heterocycles. The van der Waals surface area contributed by atoms with Crippen molar-refractivity contribution in [1.82, 2.24) is 0 Å². The number of carbonyl (C=O) groups excluding carboxylic acids is 2. The predicted octanol–water partition coefficient (Wildman–Crippen LogP) is -3.40. The average Bonchev–Trinajstić information content (AvgIpc) is 3.29. The van der Waals surface area contributed by atoms with Crippen LogP contribution in [0.5, 0.6) is 5.75 Å². The van der Waals surface area contributed by atoms with E-state index in [1.54, 1.807) is 0 Å². The molecule has 3 fully saturated rings. The Kier molecular flexibility index (Phi) is 7.27. The fourth-order valence-corrected chi connectivity index (χ4v) is 4.84. The van der Waals surface area contributed by atoms with Gasteiger partial charge >= 0.3 is 11.9 Å². The summed E-state index contributed by atoms with van der Waals surface area (Å²) in [6.07, 6.45) is -12.6. The summed E-state index contributed by atoms with van der Waals surface area (Å²) in [6, 6.07) is 5.15. The van der Waals surface area contributed by atoms with E-state index in [0.717, 1.165) is 7.11 Å². The first kappa shape index (κ1) is 26.7. The number of ether oxygens (including phenoxy) is 5. The minimum atomic E-state index is -2.86. The second kappa shape index (κ2) is 9.81. The van der Waals surface area contributed by atoms with Crippen molar-refractivity contribution < 1.29 is 69.0 Å². The van der Waals surface area contributed by atoms with E-state index in [1.165, 1.54) is 24.3 Å². The quantitative estimate of drug-likeness (QED) is 0.176. The smallest absolute Gasteiger partial charge is 0.345 e. The van der Waals surface area contributed by atoms with Gasteiger partial charge in [0.1, 0.15) is 36.3 Å². The normalized spacial score (nSPS) is 41.0. The molecule has 0 aromatic heterocycles. The van der Waals surface area contributed by atoms with E-state index in [9.17, 15) is 45.3 Å². The van der Waals surface area contributed by atoms with Crippen LogP contribution < -0.4 is 0 Å². The van der Waals surface area contributed by atoms with Crippen LogP contribution in [-0.2, 0) is 33.3 Å². The number of rotatable bonds is 7. The van der Waals surface area contributed by atoms with Crippen LogP contribution in [0.2, 0.25) is 0 Å². The third-order valence-electron chi connectivity index (χ3n) is 6.81. The van der Waals surface area contributed by atoms with E-state index in [2.05, 4.69) is 0 Å². The van der Waals surface area contributed by atoms with Gasteiger partial charge in [0.25, 0.3) is 5.79 Å². The van der Waals surface area contributed by atoms with Crippen LogP contribution in [0, 0.1) is 0 Å². The van der Waals surface area contributed by atoms with Crippen LogP contribution in [0.1, 0.15) is 17.9 Å². The number of esters is 2. The monoisotopic (exact) mass is 516 g/mol. The lowest BCUT2D eigenvalue weighted by Crippen LogP contribution is -2.67. The summed E-state index contributed by atoms with van der Waals surface area (Å²) in [5.74, 6) is -6.40. The molecule has 14 heteroatoms. The molecular weight excluding hydrogens is 488 g/mol. The number of hydrogen-bond donors (Lipinski definition) is 7. The SMILES string of the molecule is COC(=O)CC(c1ccc(O)cc1)C1(O)C(=O)OC2C(O)COC21OC1OC(CO)C(O)C(O)C1O. The van der Waals surface area contributed by atoms with Gasteiger partial charge in [-0.25, -0.2) is 4.79 Å². The third kappa shape index (κ3) is 4.04. The number of phenolic OH excluding ortho intramolecular Hbond substituents is 1. The van der Waals surface area contributed by atoms with Crippen molar-refractivity contribution in [2.24, 2.45) is 0 Å². The van der Waals surface area contributed by atoms with Gasteiger partial charge in [0, 0.05) is 5.92 Å². The molecule has 36 heavy (non-hydrogen) atoms. The van der Waals surface area contributed by atoms with Crippen molar-refractivity contribution >= 4 is 11.9 Å². The highest BCUT2D eigenvalue weighted by molar-refractivity contribution is 5.87. The minimum Gasteiger partial charge on any atom is -0.508 e. The maximum absolute atomic E-state index is 13.2. The van der Waals surface area contributed by atoms with Gasteiger partial charge in [-0.15, -0.1) is 0 Å². The fourth-order valence-electron chi connectivity index (χ4n) is 4.84. The molecule has 10 atom stereocenters. The fraction of sp³-hybridized carbons (Fsp3) is 0.636. The third-order valence-corrected chi connectivity index (χ3v) is 6.81. The molecule has 4 rings (SSSR count). The Morgan fingerprint density at radius 1 is 1.14 bits per heavy atom. The number of hydrogen-bond acceptors (Lipinski definition) is 14. The molecule has 0 amide bonds. The van der Waals surface area contributed by atoms with Crippen molar-refractivity contribution in [3.8, 4) is 5.75 Å². The largest absolute Gasteiger partial charge is 0.508 e. The summed E-state index contributed by atoms with van der Waals surface area (Å²) in [5, 5.41) is 72.4. The maximum Gasteiger partial charge on any atom is 0.345 e. The number of aliphatic hydroxyl groups is 6. The topological polar surface area (TPSA) is 222 Å². The zero-order chi connectivity index (χ0) is 26.4. The van der Waals surface area contributed by atoms with Gasteiger partial charge in [-0.3, -0.25) is 4.79 Å². The molecule has 0 radical (unpaired) electrons. The molecule has 14 nitrogen and oxygen atoms in total. The highest BCUT2D eigenvalue weighted by atomic mass is 16.8. The van der Waals surface area contributed by atoms with Crippen molar-refractivity contribution in [3.63, 3.8) is 0 Å². The zero-order valence-electron chi connectivity index (χ0n) is 19.0. The Labute approximate surface area is 204 Å². The maximum atomic E-state index is 13.2. The van der Waals surface area contributed by atoms with Gasteiger partial charge in [-0.2, -0.15) is 0 Å². The Morgan fingerprint density at radius 3 is 2.42 bits per heavy atom. The van der Waals surface area contributed by atoms with Crippen LogP contribution in [0.4, 0.5) is 0 Å². The van der Waals surface area contributed by atoms with E-state index in [1.807, 2.05) is 0 Å². The lowest BCUT2D eigenvalue weighted by atomic mass is 9.74. The highest BCUT2D eigenvalue weighted by Gasteiger charge is 2.78. The molecular formula is C22H28O14. The molecule has 7 N–H and O–H groups in total. The molecule has 3 saturated heterocycles. The number of aromatic hydroxyl groups is 1. The summed E-state index contributed by atoms with van der Waals surface area (Å²) in [4.78, 5) is 25.5. The highest BCUT2D eigenvalue weighted by Crippen LogP contribution is 2.54. The number of fused-ring (bicyclic) bond motifs is 1. The molecule has 0 saturated carbocycles. The zero-order valence-corrected chi connectivity index (χ0v) is 19.0. The lowest BCUT2D eigenvalue weighted by molar-refractivity contribution is -0.391. The van der Waals surface area contributed by atoms with E-state index in [-0.39, 0.29) is 11.3 Å². The first-order valence-electron chi connectivity index (χ1n) is 11.1. The van der Waals surface area contributed by atoms with Crippen LogP contribution >= 0.6 is 0 Å². The first-order chi connectivity index (χ1) is 17.0. The molecule has 10 unspecified atom stereocenters. The Bertz CT molecular complexity index is 968. The van der Waals surface area contributed by atoms with Gasteiger partial charge in [-0.05, 0) is 17.7 Å². The molecule has 0 spiro atoms. The number of benzene rings is 1. The van der Waals surface area contributed by atoms with E-state index in [4.69, 9.17) is 23.7 Å². The average molecular weight is 516 g/mol. The summed E-state index contributed by atoms with van der Waals surface area (Å²) >= 11 is 0. The predicted molar refractivity (Wildman–Crippen MR) is 112 cm³/mol. The van der Waals surface area contributed by atoms with Gasteiger partial charge < -0.3 is 59.4 Å². The van der Waals surface area contributed by atoms with Crippen molar-refractivity contribution in [1.29, 1.82) is 0 Å².